The summed E-state index contributed by atoms with van der Waals surface area (Å²) >= 11 is 0. The molecule has 1 saturated heterocycles. The molecule has 1 aliphatic rings. The van der Waals surface area contributed by atoms with Crippen molar-refractivity contribution in [2.75, 3.05) is 39.4 Å². The first-order chi connectivity index (χ1) is 13.6. The molecule has 9 nitrogen and oxygen atoms in total. The highest BCUT2D eigenvalue weighted by Crippen LogP contribution is 2.15. The molecule has 1 amide bonds. The van der Waals surface area contributed by atoms with Crippen molar-refractivity contribution in [2.24, 2.45) is 0 Å². The number of carbonyl (C=O) groups excluding carboxylic acids is 4. The van der Waals surface area contributed by atoms with Gasteiger partial charge in [-0.25, -0.2) is 9.59 Å². The van der Waals surface area contributed by atoms with Crippen molar-refractivity contribution < 1.29 is 33.4 Å². The average Bonchev–Trinajstić information content (AvgIpc) is 2.61. The molecule has 1 unspecified atom stereocenters. The standard InChI is InChI=1S/C20H34N2O7/c1-6-27-16(24)10-8-9-15(23)17(18(25)28-7-2)21-11-13-22(14-12-21)19(26)29-20(3,4)5/h17H,6-14H2,1-5H3. The van der Waals surface area contributed by atoms with E-state index >= 15 is 0 Å². The summed E-state index contributed by atoms with van der Waals surface area (Å²) < 4.78 is 15.3. The van der Waals surface area contributed by atoms with Crippen LogP contribution < -0.4 is 0 Å². The maximum absolute atomic E-state index is 12.7. The zero-order valence-corrected chi connectivity index (χ0v) is 18.2. The van der Waals surface area contributed by atoms with Crippen LogP contribution in [0, 0.1) is 0 Å². The van der Waals surface area contributed by atoms with Crippen molar-refractivity contribution >= 4 is 23.8 Å². The number of amides is 1. The normalized spacial score (nSPS) is 16.1. The molecule has 0 spiro atoms. The summed E-state index contributed by atoms with van der Waals surface area (Å²) in [7, 11) is 0. The van der Waals surface area contributed by atoms with Gasteiger partial charge in [-0.3, -0.25) is 14.5 Å². The number of hydrogen-bond donors (Lipinski definition) is 0. The molecule has 0 N–H and O–H groups in total. The molecular weight excluding hydrogens is 380 g/mol. The van der Waals surface area contributed by atoms with Crippen LogP contribution in [0.4, 0.5) is 4.79 Å². The summed E-state index contributed by atoms with van der Waals surface area (Å²) in [6, 6.07) is -1.03. The van der Waals surface area contributed by atoms with Crippen LogP contribution in [0.2, 0.25) is 0 Å². The Kier molecular flexibility index (Phi) is 10.1. The summed E-state index contributed by atoms with van der Waals surface area (Å²) in [4.78, 5) is 52.0. The van der Waals surface area contributed by atoms with Gasteiger partial charge in [0.1, 0.15) is 5.60 Å². The van der Waals surface area contributed by atoms with E-state index in [-0.39, 0.29) is 31.2 Å². The van der Waals surface area contributed by atoms with Crippen molar-refractivity contribution in [3.05, 3.63) is 0 Å². The Labute approximate surface area is 172 Å². The minimum Gasteiger partial charge on any atom is -0.466 e. The second kappa shape index (κ2) is 11.7. The fraction of sp³-hybridized carbons (Fsp3) is 0.800. The lowest BCUT2D eigenvalue weighted by Crippen LogP contribution is -2.57. The molecule has 1 atom stereocenters. The number of carbonyl (C=O) groups is 4. The number of piperazine rings is 1. The molecule has 0 saturated carbocycles. The van der Waals surface area contributed by atoms with Gasteiger partial charge < -0.3 is 19.1 Å². The van der Waals surface area contributed by atoms with Crippen LogP contribution in [0.25, 0.3) is 0 Å². The Morgan fingerprint density at radius 2 is 1.48 bits per heavy atom. The summed E-state index contributed by atoms with van der Waals surface area (Å²) in [6.45, 7) is 10.7. The molecular formula is C20H34N2O7. The van der Waals surface area contributed by atoms with E-state index in [9.17, 15) is 19.2 Å². The van der Waals surface area contributed by atoms with Gasteiger partial charge in [0.25, 0.3) is 0 Å². The third kappa shape index (κ3) is 8.81. The van der Waals surface area contributed by atoms with Gasteiger partial charge in [0.15, 0.2) is 11.8 Å². The number of hydrogen-bond acceptors (Lipinski definition) is 8. The Bertz CT molecular complexity index is 578. The van der Waals surface area contributed by atoms with E-state index in [0.717, 1.165) is 0 Å². The number of ketones is 1. The second-order valence-electron chi connectivity index (χ2n) is 7.78. The van der Waals surface area contributed by atoms with Gasteiger partial charge in [0.2, 0.25) is 0 Å². The van der Waals surface area contributed by atoms with E-state index in [1.807, 2.05) is 0 Å². The van der Waals surface area contributed by atoms with Crippen LogP contribution in [0.5, 0.6) is 0 Å². The second-order valence-corrected chi connectivity index (χ2v) is 7.78. The minimum absolute atomic E-state index is 0.0780. The van der Waals surface area contributed by atoms with E-state index in [1.54, 1.807) is 44.4 Å². The van der Waals surface area contributed by atoms with E-state index in [2.05, 4.69) is 0 Å². The first-order valence-corrected chi connectivity index (χ1v) is 10.2. The first kappa shape index (κ1) is 24.9. The maximum atomic E-state index is 12.7. The van der Waals surface area contributed by atoms with E-state index in [4.69, 9.17) is 14.2 Å². The lowest BCUT2D eigenvalue weighted by molar-refractivity contribution is -0.154. The Hall–Kier alpha value is -2.16. The van der Waals surface area contributed by atoms with Crippen molar-refractivity contribution in [2.45, 2.75) is 65.5 Å². The fourth-order valence-corrected chi connectivity index (χ4v) is 2.97. The van der Waals surface area contributed by atoms with Crippen molar-refractivity contribution in [1.82, 2.24) is 9.80 Å². The number of Topliss-reactive ketones (excluding diaryl/α,β-unsaturated/α-hetero) is 1. The number of esters is 2. The van der Waals surface area contributed by atoms with Gasteiger partial charge in [0.05, 0.1) is 13.2 Å². The molecule has 0 aliphatic carbocycles. The molecule has 0 bridgehead atoms. The number of ether oxygens (including phenoxy) is 3. The number of rotatable bonds is 9. The van der Waals surface area contributed by atoms with Crippen LogP contribution in [-0.4, -0.2) is 84.7 Å². The van der Waals surface area contributed by atoms with Crippen LogP contribution in [0.1, 0.15) is 53.9 Å². The third-order valence-electron chi connectivity index (χ3n) is 4.26. The lowest BCUT2D eigenvalue weighted by atomic mass is 10.0. The molecule has 1 rings (SSSR count). The SMILES string of the molecule is CCOC(=O)CCCC(=O)C(C(=O)OCC)N1CCN(C(=O)OC(C)(C)C)CC1. The molecule has 0 aromatic heterocycles. The van der Waals surface area contributed by atoms with E-state index in [0.29, 0.717) is 39.2 Å². The molecule has 1 fully saturated rings. The predicted molar refractivity (Wildman–Crippen MR) is 105 cm³/mol. The average molecular weight is 414 g/mol. The monoisotopic (exact) mass is 414 g/mol. The van der Waals surface area contributed by atoms with Gasteiger partial charge in [-0.1, -0.05) is 0 Å². The quantitative estimate of drug-likeness (QED) is 0.320. The van der Waals surface area contributed by atoms with Gasteiger partial charge in [-0.15, -0.1) is 0 Å². The highest BCUT2D eigenvalue weighted by atomic mass is 16.6. The Morgan fingerprint density at radius 1 is 0.897 bits per heavy atom. The summed E-state index contributed by atoms with van der Waals surface area (Å²) in [6.07, 6.45) is 0.104. The zero-order chi connectivity index (χ0) is 22.0. The van der Waals surface area contributed by atoms with Crippen LogP contribution in [0.15, 0.2) is 0 Å². The molecule has 1 aliphatic heterocycles. The largest absolute Gasteiger partial charge is 0.466 e. The minimum atomic E-state index is -1.03. The van der Waals surface area contributed by atoms with Crippen LogP contribution >= 0.6 is 0 Å². The summed E-state index contributed by atoms with van der Waals surface area (Å²) in [5.41, 5.74) is -0.587. The Balaban J connectivity index is 2.67. The summed E-state index contributed by atoms with van der Waals surface area (Å²) in [5, 5.41) is 0. The molecule has 1 heterocycles. The van der Waals surface area contributed by atoms with Crippen molar-refractivity contribution in [1.29, 1.82) is 0 Å². The first-order valence-electron chi connectivity index (χ1n) is 10.2. The molecule has 29 heavy (non-hydrogen) atoms. The van der Waals surface area contributed by atoms with E-state index < -0.39 is 23.7 Å². The van der Waals surface area contributed by atoms with Crippen molar-refractivity contribution in [3.8, 4) is 0 Å². The predicted octanol–water partition coefficient (Wildman–Crippen LogP) is 1.77. The van der Waals surface area contributed by atoms with Gasteiger partial charge in [-0.2, -0.15) is 0 Å². The third-order valence-corrected chi connectivity index (χ3v) is 4.26. The van der Waals surface area contributed by atoms with Crippen LogP contribution in [0.3, 0.4) is 0 Å². The Morgan fingerprint density at radius 3 is 2.00 bits per heavy atom. The van der Waals surface area contributed by atoms with Gasteiger partial charge >= 0.3 is 18.0 Å². The summed E-state index contributed by atoms with van der Waals surface area (Å²) in [5.74, 6) is -1.25. The van der Waals surface area contributed by atoms with Crippen molar-refractivity contribution in [3.63, 3.8) is 0 Å². The zero-order valence-electron chi connectivity index (χ0n) is 18.2. The van der Waals surface area contributed by atoms with Gasteiger partial charge in [0, 0.05) is 39.0 Å². The maximum Gasteiger partial charge on any atom is 0.410 e. The lowest BCUT2D eigenvalue weighted by Gasteiger charge is -2.38. The van der Waals surface area contributed by atoms with E-state index in [1.165, 1.54) is 0 Å². The fourth-order valence-electron chi connectivity index (χ4n) is 2.97. The molecule has 0 aromatic rings. The highest BCUT2D eigenvalue weighted by molar-refractivity contribution is 6.03. The molecule has 9 heteroatoms. The molecule has 166 valence electrons. The molecule has 0 aromatic carbocycles. The van der Waals surface area contributed by atoms with Crippen LogP contribution in [-0.2, 0) is 28.6 Å². The molecule has 0 radical (unpaired) electrons. The smallest absolute Gasteiger partial charge is 0.410 e. The van der Waals surface area contributed by atoms with Gasteiger partial charge in [-0.05, 0) is 41.0 Å². The highest BCUT2D eigenvalue weighted by Gasteiger charge is 2.36. The topological polar surface area (TPSA) is 102 Å². The number of nitrogens with zero attached hydrogens (tertiary/aromatic N) is 2.